The fraction of sp³-hybridized carbons (Fsp3) is 0.343. The normalized spacial score (nSPS) is 13.7. The van der Waals surface area contributed by atoms with Crippen LogP contribution in [-0.2, 0) is 22.5 Å². The van der Waals surface area contributed by atoms with Gasteiger partial charge in [-0.3, -0.25) is 23.9 Å². The van der Waals surface area contributed by atoms with Gasteiger partial charge in [0.15, 0.2) is 5.78 Å². The van der Waals surface area contributed by atoms with Crippen LogP contribution in [-0.4, -0.2) is 50.6 Å². The lowest BCUT2D eigenvalue weighted by Crippen LogP contribution is -2.32. The van der Waals surface area contributed by atoms with Crippen molar-refractivity contribution in [2.24, 2.45) is 0 Å². The number of nitrogens with zero attached hydrogens (tertiary/aromatic N) is 5. The van der Waals surface area contributed by atoms with Crippen LogP contribution >= 0.6 is 22.9 Å². The third-order valence-corrected chi connectivity index (χ3v) is 10.1. The number of hydrogen-bond donors (Lipinski definition) is 0. The summed E-state index contributed by atoms with van der Waals surface area (Å²) in [5.74, 6) is 0.168. The van der Waals surface area contributed by atoms with Crippen LogP contribution in [0.2, 0.25) is 5.02 Å². The summed E-state index contributed by atoms with van der Waals surface area (Å²) in [7, 11) is 1.66. The Morgan fingerprint density at radius 1 is 0.978 bits per heavy atom. The first-order valence-corrected chi connectivity index (χ1v) is 16.9. The van der Waals surface area contributed by atoms with E-state index < -0.39 is 5.97 Å². The Hall–Kier alpha value is -4.28. The number of hydrogen-bond acceptors (Lipinski definition) is 7. The lowest BCUT2D eigenvalue weighted by atomic mass is 9.88. The highest BCUT2D eigenvalue weighted by molar-refractivity contribution is 7.15. The lowest BCUT2D eigenvalue weighted by Gasteiger charge is -2.24. The number of carbonyl (C=O) groups is 3. The van der Waals surface area contributed by atoms with Crippen molar-refractivity contribution in [3.05, 3.63) is 93.2 Å². The number of fused-ring (bicyclic) bond motifs is 1. The first-order chi connectivity index (χ1) is 22.3. The Balaban J connectivity index is 1.49. The van der Waals surface area contributed by atoms with Crippen molar-refractivity contribution >= 4 is 57.4 Å². The van der Waals surface area contributed by atoms with Gasteiger partial charge in [-0.25, -0.2) is 0 Å². The fourth-order valence-corrected chi connectivity index (χ4v) is 7.52. The smallest absolute Gasteiger partial charge is 0.325 e. The second-order valence-corrected chi connectivity index (χ2v) is 13.0. The van der Waals surface area contributed by atoms with E-state index in [0.29, 0.717) is 32.8 Å². The quantitative estimate of drug-likeness (QED) is 0.113. The Morgan fingerprint density at radius 3 is 2.46 bits per heavy atom. The molecule has 0 unspecified atom stereocenters. The zero-order chi connectivity index (χ0) is 32.4. The van der Waals surface area contributed by atoms with Crippen molar-refractivity contribution in [3.8, 4) is 5.00 Å². The van der Waals surface area contributed by atoms with E-state index >= 15 is 0 Å². The number of amides is 1. The third-order valence-electron chi connectivity index (χ3n) is 8.55. The molecule has 0 bridgehead atoms. The summed E-state index contributed by atoms with van der Waals surface area (Å²) in [6.07, 6.45) is 5.94. The highest BCUT2D eigenvalue weighted by Gasteiger charge is 2.32. The largest absolute Gasteiger partial charge is 0.465 e. The number of halogens is 1. The molecular formula is C35H36ClN5O4S. The fourth-order valence-electron chi connectivity index (χ4n) is 6.21. The van der Waals surface area contributed by atoms with Gasteiger partial charge < -0.3 is 9.30 Å². The van der Waals surface area contributed by atoms with Crippen LogP contribution in [0.1, 0.15) is 89.0 Å². The van der Waals surface area contributed by atoms with E-state index in [9.17, 15) is 14.4 Å². The number of esters is 1. The van der Waals surface area contributed by atoms with E-state index in [1.165, 1.54) is 16.2 Å². The summed E-state index contributed by atoms with van der Waals surface area (Å²) in [4.78, 5) is 43.6. The van der Waals surface area contributed by atoms with Gasteiger partial charge in [-0.1, -0.05) is 68.1 Å². The van der Waals surface area contributed by atoms with Crippen LogP contribution in [0, 0.1) is 0 Å². The van der Waals surface area contributed by atoms with E-state index in [1.807, 2.05) is 41.8 Å². The predicted octanol–water partition coefficient (Wildman–Crippen LogP) is 7.62. The molecule has 5 aromatic rings. The van der Waals surface area contributed by atoms with Gasteiger partial charge in [-0.05, 0) is 56.5 Å². The van der Waals surface area contributed by atoms with Gasteiger partial charge in [0, 0.05) is 34.3 Å². The molecule has 1 amide bonds. The number of thiophene rings is 1. The minimum atomic E-state index is -0.434. The molecule has 0 atom stereocenters. The number of ketones is 1. The van der Waals surface area contributed by atoms with Crippen molar-refractivity contribution < 1.29 is 19.1 Å². The standard InChI is InChI=1S/C35H36ClN5O4S/c1-4-24-20-26(31(43)25-16-10-11-17-27(25)36)34(46-24)41-32(22-13-7-6-8-14-22)37-38-35(41)39(3)33(44)29-19-23-15-9-12-18-28(23)40(29)21-30(42)45-5-2/h9-12,15-20,22H,4-8,13-14,21H2,1-3H3. The van der Waals surface area contributed by atoms with Crippen molar-refractivity contribution in [3.63, 3.8) is 0 Å². The van der Waals surface area contributed by atoms with Crippen LogP contribution in [0.15, 0.2) is 60.7 Å². The van der Waals surface area contributed by atoms with Crippen molar-refractivity contribution in [1.29, 1.82) is 0 Å². The molecule has 11 heteroatoms. The number of anilines is 1. The average molecular weight is 658 g/mol. The molecule has 0 saturated heterocycles. The molecule has 238 valence electrons. The minimum Gasteiger partial charge on any atom is -0.465 e. The van der Waals surface area contributed by atoms with Gasteiger partial charge in [0.1, 0.15) is 23.1 Å². The highest BCUT2D eigenvalue weighted by Crippen LogP contribution is 2.39. The van der Waals surface area contributed by atoms with Crippen molar-refractivity contribution in [2.75, 3.05) is 18.6 Å². The summed E-state index contributed by atoms with van der Waals surface area (Å²) in [5.41, 5.74) is 1.96. The zero-order valence-corrected chi connectivity index (χ0v) is 27.7. The molecule has 9 nitrogen and oxygen atoms in total. The molecule has 1 saturated carbocycles. The summed E-state index contributed by atoms with van der Waals surface area (Å²) >= 11 is 8.00. The number of aryl methyl sites for hydroxylation is 1. The number of para-hydroxylation sites is 1. The van der Waals surface area contributed by atoms with Crippen LogP contribution in [0.3, 0.4) is 0 Å². The molecule has 0 N–H and O–H groups in total. The maximum absolute atomic E-state index is 14.4. The minimum absolute atomic E-state index is 0.114. The van der Waals surface area contributed by atoms with E-state index in [4.69, 9.17) is 16.3 Å². The molecule has 1 aliphatic rings. The van der Waals surface area contributed by atoms with Crippen LogP contribution in [0.4, 0.5) is 5.95 Å². The monoisotopic (exact) mass is 657 g/mol. The maximum atomic E-state index is 14.4. The Labute approximate surface area is 276 Å². The Bertz CT molecular complexity index is 1920. The van der Waals surface area contributed by atoms with Crippen LogP contribution in [0.25, 0.3) is 15.9 Å². The number of carbonyl (C=O) groups excluding carboxylic acids is 3. The van der Waals surface area contributed by atoms with Gasteiger partial charge in [0.2, 0.25) is 5.95 Å². The predicted molar refractivity (Wildman–Crippen MR) is 181 cm³/mol. The summed E-state index contributed by atoms with van der Waals surface area (Å²) in [6.45, 7) is 3.93. The molecule has 46 heavy (non-hydrogen) atoms. The van der Waals surface area contributed by atoms with Crippen LogP contribution in [0.5, 0.6) is 0 Å². The van der Waals surface area contributed by atoms with E-state index in [0.717, 1.165) is 60.1 Å². The third kappa shape index (κ3) is 5.99. The van der Waals surface area contributed by atoms with Crippen LogP contribution < -0.4 is 4.90 Å². The number of benzene rings is 2. The van der Waals surface area contributed by atoms with Gasteiger partial charge in [-0.15, -0.1) is 21.5 Å². The van der Waals surface area contributed by atoms with Gasteiger partial charge in [-0.2, -0.15) is 0 Å². The number of ether oxygens (including phenoxy) is 1. The molecule has 1 aliphatic carbocycles. The van der Waals surface area contributed by atoms with E-state index in [1.54, 1.807) is 48.9 Å². The second-order valence-electron chi connectivity index (χ2n) is 11.5. The molecule has 3 aromatic heterocycles. The number of rotatable bonds is 10. The Kier molecular flexibility index (Phi) is 9.37. The molecular weight excluding hydrogens is 622 g/mol. The topological polar surface area (TPSA) is 99.3 Å². The van der Waals surface area contributed by atoms with Gasteiger partial charge in [0.25, 0.3) is 5.91 Å². The molecule has 3 heterocycles. The van der Waals surface area contributed by atoms with Crippen molar-refractivity contribution in [1.82, 2.24) is 19.3 Å². The van der Waals surface area contributed by atoms with E-state index in [2.05, 4.69) is 10.2 Å². The SMILES string of the molecule is CCOC(=O)Cn1c(C(=O)N(C)c2nnc(C3CCCCC3)n2-c2sc(CC)cc2C(=O)c2ccccc2Cl)cc2ccccc21. The maximum Gasteiger partial charge on any atom is 0.325 e. The van der Waals surface area contributed by atoms with Gasteiger partial charge in [0.05, 0.1) is 17.2 Å². The zero-order valence-electron chi connectivity index (χ0n) is 26.2. The number of aromatic nitrogens is 4. The lowest BCUT2D eigenvalue weighted by molar-refractivity contribution is -0.143. The molecule has 0 radical (unpaired) electrons. The molecule has 1 fully saturated rings. The average Bonchev–Trinajstić information content (AvgIpc) is 3.80. The molecule has 0 aliphatic heterocycles. The van der Waals surface area contributed by atoms with Gasteiger partial charge >= 0.3 is 5.97 Å². The van der Waals surface area contributed by atoms with Crippen molar-refractivity contribution in [2.45, 2.75) is 64.8 Å². The summed E-state index contributed by atoms with van der Waals surface area (Å²) in [6, 6.07) is 18.3. The van der Waals surface area contributed by atoms with E-state index in [-0.39, 0.29) is 30.8 Å². The summed E-state index contributed by atoms with van der Waals surface area (Å²) < 4.78 is 8.82. The Morgan fingerprint density at radius 2 is 1.72 bits per heavy atom. The first kappa shape index (κ1) is 31.7. The molecule has 2 aromatic carbocycles. The molecule has 0 spiro atoms. The second kappa shape index (κ2) is 13.6. The first-order valence-electron chi connectivity index (χ1n) is 15.7. The highest BCUT2D eigenvalue weighted by atomic mass is 35.5. The summed E-state index contributed by atoms with van der Waals surface area (Å²) in [5, 5.41) is 11.1. The molecule has 6 rings (SSSR count).